The van der Waals surface area contributed by atoms with Gasteiger partial charge in [0.1, 0.15) is 5.54 Å². The van der Waals surface area contributed by atoms with Gasteiger partial charge in [0, 0.05) is 12.2 Å². The minimum Gasteiger partial charge on any atom is -0.353 e. The third-order valence-electron chi connectivity index (χ3n) is 3.71. The van der Waals surface area contributed by atoms with Gasteiger partial charge in [-0.05, 0) is 31.4 Å². The van der Waals surface area contributed by atoms with Gasteiger partial charge in [-0.25, -0.2) is 0 Å². The predicted octanol–water partition coefficient (Wildman–Crippen LogP) is 3.74. The van der Waals surface area contributed by atoms with Crippen LogP contribution in [-0.2, 0) is 0 Å². The number of rotatable bonds is 4. The maximum absolute atomic E-state index is 9.58. The Balaban J connectivity index is 2.24. The molecule has 17 heavy (non-hydrogen) atoms. The van der Waals surface area contributed by atoms with Crippen molar-refractivity contribution in [1.82, 2.24) is 0 Å². The lowest BCUT2D eigenvalue weighted by atomic mass is 9.91. The Hall–Kier alpha value is -1.49. The van der Waals surface area contributed by atoms with Gasteiger partial charge >= 0.3 is 0 Å². The summed E-state index contributed by atoms with van der Waals surface area (Å²) in [6.07, 6.45) is 5.43. The zero-order chi connectivity index (χ0) is 12.1. The topological polar surface area (TPSA) is 27.0 Å². The Morgan fingerprint density at radius 3 is 2.76 bits per heavy atom. The average molecular weight is 228 g/mol. The summed E-state index contributed by atoms with van der Waals surface area (Å²) >= 11 is 0. The molecule has 0 aliphatic carbocycles. The number of anilines is 1. The van der Waals surface area contributed by atoms with Crippen molar-refractivity contribution in [2.24, 2.45) is 0 Å². The molecule has 0 spiro atoms. The number of para-hydroxylation sites is 1. The summed E-state index contributed by atoms with van der Waals surface area (Å²) in [6.45, 7) is 3.20. The van der Waals surface area contributed by atoms with Crippen molar-refractivity contribution in [1.29, 1.82) is 5.26 Å². The summed E-state index contributed by atoms with van der Waals surface area (Å²) in [4.78, 5) is 2.31. The lowest BCUT2D eigenvalue weighted by Crippen LogP contribution is -2.42. The lowest BCUT2D eigenvalue weighted by Gasteiger charge is -2.34. The highest BCUT2D eigenvalue weighted by Crippen LogP contribution is 2.37. The Morgan fingerprint density at radius 2 is 2.12 bits per heavy atom. The van der Waals surface area contributed by atoms with Gasteiger partial charge in [-0.1, -0.05) is 38.0 Å². The SMILES string of the molecule is CCCCC1(C#N)CCCN1c1ccccc1. The van der Waals surface area contributed by atoms with Crippen LogP contribution in [0, 0.1) is 11.3 Å². The Bertz CT molecular complexity index is 393. The van der Waals surface area contributed by atoms with Gasteiger partial charge in [0.2, 0.25) is 0 Å². The average Bonchev–Trinajstić information content (AvgIpc) is 2.82. The molecule has 2 nitrogen and oxygen atoms in total. The third kappa shape index (κ3) is 2.29. The van der Waals surface area contributed by atoms with E-state index in [9.17, 15) is 5.26 Å². The Labute approximate surface area is 104 Å². The van der Waals surface area contributed by atoms with E-state index in [0.29, 0.717) is 0 Å². The minimum atomic E-state index is -0.253. The Morgan fingerprint density at radius 1 is 1.35 bits per heavy atom. The Kier molecular flexibility index (Phi) is 3.68. The molecule has 0 aromatic heterocycles. The highest BCUT2D eigenvalue weighted by molar-refractivity contribution is 5.52. The summed E-state index contributed by atoms with van der Waals surface area (Å²) in [5.41, 5.74) is 0.944. The van der Waals surface area contributed by atoms with Crippen molar-refractivity contribution < 1.29 is 0 Å². The van der Waals surface area contributed by atoms with Crippen LogP contribution >= 0.6 is 0 Å². The predicted molar refractivity (Wildman–Crippen MR) is 70.9 cm³/mol. The molecule has 1 aromatic carbocycles. The van der Waals surface area contributed by atoms with E-state index in [0.717, 1.165) is 38.6 Å². The molecule has 1 unspecified atom stereocenters. The maximum atomic E-state index is 9.58. The van der Waals surface area contributed by atoms with Crippen molar-refractivity contribution in [2.75, 3.05) is 11.4 Å². The van der Waals surface area contributed by atoms with Crippen molar-refractivity contribution in [3.05, 3.63) is 30.3 Å². The van der Waals surface area contributed by atoms with Crippen molar-refractivity contribution in [2.45, 2.75) is 44.6 Å². The van der Waals surface area contributed by atoms with Crippen LogP contribution in [0.2, 0.25) is 0 Å². The van der Waals surface area contributed by atoms with Crippen LogP contribution in [0.25, 0.3) is 0 Å². The smallest absolute Gasteiger partial charge is 0.127 e. The van der Waals surface area contributed by atoms with Crippen LogP contribution < -0.4 is 4.90 Å². The molecule has 2 heteroatoms. The quantitative estimate of drug-likeness (QED) is 0.785. The van der Waals surface area contributed by atoms with Crippen LogP contribution in [0.4, 0.5) is 5.69 Å². The monoisotopic (exact) mass is 228 g/mol. The largest absolute Gasteiger partial charge is 0.353 e. The number of hydrogen-bond acceptors (Lipinski definition) is 2. The molecule has 1 atom stereocenters. The zero-order valence-electron chi connectivity index (χ0n) is 10.5. The molecule has 2 rings (SSSR count). The van der Waals surface area contributed by atoms with Gasteiger partial charge in [0.25, 0.3) is 0 Å². The molecule has 1 aromatic rings. The molecule has 0 radical (unpaired) electrons. The normalized spacial score (nSPS) is 23.6. The van der Waals surface area contributed by atoms with E-state index in [1.807, 2.05) is 6.07 Å². The molecule has 1 fully saturated rings. The molecule has 1 heterocycles. The van der Waals surface area contributed by atoms with Gasteiger partial charge in [-0.3, -0.25) is 0 Å². The molecule has 0 N–H and O–H groups in total. The number of benzene rings is 1. The number of nitrogens with zero attached hydrogens (tertiary/aromatic N) is 2. The molecule has 0 bridgehead atoms. The van der Waals surface area contributed by atoms with Gasteiger partial charge in [-0.2, -0.15) is 5.26 Å². The fourth-order valence-electron chi connectivity index (χ4n) is 2.76. The first-order valence-corrected chi connectivity index (χ1v) is 6.56. The van der Waals surface area contributed by atoms with E-state index in [-0.39, 0.29) is 5.54 Å². The number of hydrogen-bond donors (Lipinski definition) is 0. The second-order valence-corrected chi connectivity index (χ2v) is 4.84. The van der Waals surface area contributed by atoms with Gasteiger partial charge in [0.15, 0.2) is 0 Å². The standard InChI is InChI=1S/C15H20N2/c1-2-3-10-15(13-16)11-7-12-17(15)14-8-5-4-6-9-14/h4-6,8-9H,2-3,7,10-12H2,1H3. The van der Waals surface area contributed by atoms with Crippen LogP contribution in [0.5, 0.6) is 0 Å². The highest BCUT2D eigenvalue weighted by Gasteiger charge is 2.40. The van der Waals surface area contributed by atoms with E-state index in [1.54, 1.807) is 0 Å². The molecule has 1 aliphatic rings. The summed E-state index contributed by atoms with van der Waals surface area (Å²) in [5, 5.41) is 9.58. The molecular weight excluding hydrogens is 208 g/mol. The third-order valence-corrected chi connectivity index (χ3v) is 3.71. The fraction of sp³-hybridized carbons (Fsp3) is 0.533. The lowest BCUT2D eigenvalue weighted by molar-refractivity contribution is 0.475. The van der Waals surface area contributed by atoms with Crippen LogP contribution in [0.3, 0.4) is 0 Å². The molecule has 1 saturated heterocycles. The molecular formula is C15H20N2. The highest BCUT2D eigenvalue weighted by atomic mass is 15.2. The fourth-order valence-corrected chi connectivity index (χ4v) is 2.76. The van der Waals surface area contributed by atoms with Gasteiger partial charge < -0.3 is 4.90 Å². The first-order valence-electron chi connectivity index (χ1n) is 6.56. The van der Waals surface area contributed by atoms with E-state index < -0.39 is 0 Å². The van der Waals surface area contributed by atoms with Crippen molar-refractivity contribution in [3.63, 3.8) is 0 Å². The molecule has 0 amide bonds. The minimum absolute atomic E-state index is 0.253. The van der Waals surface area contributed by atoms with E-state index in [4.69, 9.17) is 0 Å². The number of unbranched alkanes of at least 4 members (excludes halogenated alkanes) is 1. The first kappa shape index (κ1) is 12.0. The molecule has 0 saturated carbocycles. The summed E-state index contributed by atoms with van der Waals surface area (Å²) in [7, 11) is 0. The molecule has 1 aliphatic heterocycles. The van der Waals surface area contributed by atoms with Crippen molar-refractivity contribution >= 4 is 5.69 Å². The van der Waals surface area contributed by atoms with Gasteiger partial charge in [-0.15, -0.1) is 0 Å². The molecule has 90 valence electrons. The summed E-state index contributed by atoms with van der Waals surface area (Å²) < 4.78 is 0. The van der Waals surface area contributed by atoms with E-state index in [1.165, 1.54) is 5.69 Å². The number of nitriles is 1. The van der Waals surface area contributed by atoms with Gasteiger partial charge in [0.05, 0.1) is 6.07 Å². The van der Waals surface area contributed by atoms with E-state index >= 15 is 0 Å². The zero-order valence-corrected chi connectivity index (χ0v) is 10.5. The second kappa shape index (κ2) is 5.23. The second-order valence-electron chi connectivity index (χ2n) is 4.84. The van der Waals surface area contributed by atoms with Crippen LogP contribution in [0.1, 0.15) is 39.0 Å². The summed E-state index contributed by atoms with van der Waals surface area (Å²) in [6, 6.07) is 12.9. The van der Waals surface area contributed by atoms with Crippen LogP contribution in [0.15, 0.2) is 30.3 Å². The van der Waals surface area contributed by atoms with Crippen LogP contribution in [-0.4, -0.2) is 12.1 Å². The first-order chi connectivity index (χ1) is 8.32. The summed E-state index contributed by atoms with van der Waals surface area (Å²) in [5.74, 6) is 0. The van der Waals surface area contributed by atoms with Crippen molar-refractivity contribution in [3.8, 4) is 6.07 Å². The van der Waals surface area contributed by atoms with E-state index in [2.05, 4.69) is 42.2 Å². The maximum Gasteiger partial charge on any atom is 0.127 e.